The molecule has 1 aliphatic carbocycles. The zero-order valence-electron chi connectivity index (χ0n) is 19.2. The predicted molar refractivity (Wildman–Crippen MR) is 131 cm³/mol. The molecule has 13 heteroatoms. The number of nitrogens with zero attached hydrogens (tertiary/aromatic N) is 2. The summed E-state index contributed by atoms with van der Waals surface area (Å²) in [7, 11) is -8.74. The van der Waals surface area contributed by atoms with Crippen LogP contribution in [0.4, 0.5) is 13.2 Å². The summed E-state index contributed by atoms with van der Waals surface area (Å²) in [4.78, 5) is 4.08. The zero-order chi connectivity index (χ0) is 26.6. The molecule has 1 atom stereocenters. The second-order valence-corrected chi connectivity index (χ2v) is 11.8. The molecule has 1 saturated heterocycles. The average Bonchev–Trinajstić information content (AvgIpc) is 2.84. The monoisotopic (exact) mass is 554 g/mol. The molecule has 194 valence electrons. The molecule has 1 aromatic carbocycles. The predicted octanol–water partition coefficient (Wildman–Crippen LogP) is 5.24. The zero-order valence-corrected chi connectivity index (χ0v) is 21.6. The third kappa shape index (κ3) is 7.42. The van der Waals surface area contributed by atoms with E-state index < -0.39 is 37.3 Å². The Morgan fingerprint density at radius 2 is 1.77 bits per heavy atom. The van der Waals surface area contributed by atoms with Gasteiger partial charge in [0.15, 0.2) is 5.76 Å². The largest absolute Gasteiger partial charge is 0.534 e. The van der Waals surface area contributed by atoms with Crippen LogP contribution in [0, 0.1) is 0 Å². The number of allylic oxidation sites excluding steroid dienone is 2. The minimum absolute atomic E-state index is 0.114. The number of alkyl halides is 3. The van der Waals surface area contributed by atoms with Crippen LogP contribution >= 0.6 is 11.6 Å². The van der Waals surface area contributed by atoms with E-state index in [0.717, 1.165) is 32.0 Å². The molecule has 0 bridgehead atoms. The van der Waals surface area contributed by atoms with E-state index in [2.05, 4.69) is 22.3 Å². The van der Waals surface area contributed by atoms with Crippen LogP contribution in [0.1, 0.15) is 43.2 Å². The van der Waals surface area contributed by atoms with Crippen LogP contribution in [0.2, 0.25) is 5.02 Å². The van der Waals surface area contributed by atoms with Gasteiger partial charge in [0.1, 0.15) is 0 Å². The van der Waals surface area contributed by atoms with Gasteiger partial charge in [-0.05, 0) is 42.2 Å². The third-order valence-electron chi connectivity index (χ3n) is 5.29. The van der Waals surface area contributed by atoms with Crippen molar-refractivity contribution in [1.82, 2.24) is 4.31 Å². The molecule has 2 aliphatic rings. The number of fused-ring (bicyclic) bond motifs is 1. The first kappa shape index (κ1) is 29.1. The van der Waals surface area contributed by atoms with Crippen molar-refractivity contribution in [3.05, 3.63) is 65.4 Å². The van der Waals surface area contributed by atoms with Crippen molar-refractivity contribution in [3.8, 4) is 0 Å². The summed E-state index contributed by atoms with van der Waals surface area (Å²) >= 11 is 5.91. The topological polar surface area (TPSA) is 93.1 Å². The van der Waals surface area contributed by atoms with E-state index in [1.807, 2.05) is 0 Å². The minimum atomic E-state index is -5.85. The number of hydrogen-bond donors (Lipinski definition) is 0. The van der Waals surface area contributed by atoms with Gasteiger partial charge in [0.05, 0.1) is 12.0 Å². The molecule has 0 saturated carbocycles. The standard InChI is InChI=1S/C16H13ClF3NO3S.C6H13NO2S/c1-4-21-15-9(2)7-14(24-25(22,23)16(18,19)20)13-8-11(17)5-6-12(13)10(15)3;1-10(8,9)7-5-3-2-4-6-7/h4-8,10H,1-2H2,3H3;2-6H2,1H3. The first-order chi connectivity index (χ1) is 16.1. The summed E-state index contributed by atoms with van der Waals surface area (Å²) in [6.45, 7) is 10.4. The average molecular weight is 555 g/mol. The molecular weight excluding hydrogens is 529 g/mol. The van der Waals surface area contributed by atoms with Gasteiger partial charge < -0.3 is 4.18 Å². The molecule has 1 aromatic rings. The van der Waals surface area contributed by atoms with Crippen molar-refractivity contribution < 1.29 is 34.2 Å². The highest BCUT2D eigenvalue weighted by Crippen LogP contribution is 2.38. The molecule has 7 nitrogen and oxygen atoms in total. The van der Waals surface area contributed by atoms with E-state index in [0.29, 0.717) is 11.3 Å². The van der Waals surface area contributed by atoms with Crippen molar-refractivity contribution in [2.24, 2.45) is 4.99 Å². The Kier molecular flexibility index (Phi) is 9.37. The van der Waals surface area contributed by atoms with Gasteiger partial charge >= 0.3 is 15.6 Å². The van der Waals surface area contributed by atoms with Gasteiger partial charge in [0, 0.05) is 35.8 Å². The highest BCUT2D eigenvalue weighted by molar-refractivity contribution is 7.88. The van der Waals surface area contributed by atoms with Crippen LogP contribution in [0.3, 0.4) is 0 Å². The lowest BCUT2D eigenvalue weighted by molar-refractivity contribution is -0.0509. The van der Waals surface area contributed by atoms with Crippen molar-refractivity contribution in [3.63, 3.8) is 0 Å². The van der Waals surface area contributed by atoms with Crippen LogP contribution in [0.5, 0.6) is 0 Å². The van der Waals surface area contributed by atoms with Gasteiger partial charge in [-0.3, -0.25) is 4.99 Å². The van der Waals surface area contributed by atoms with Crippen LogP contribution in [-0.2, 0) is 24.3 Å². The van der Waals surface area contributed by atoms with Gasteiger partial charge in [0.2, 0.25) is 10.0 Å². The van der Waals surface area contributed by atoms with E-state index >= 15 is 0 Å². The maximum Gasteiger partial charge on any atom is 0.534 e. The van der Waals surface area contributed by atoms with E-state index in [4.69, 9.17) is 11.6 Å². The number of benzene rings is 1. The second kappa shape index (κ2) is 11.3. The summed E-state index contributed by atoms with van der Waals surface area (Å²) in [5.74, 6) is -0.926. The molecule has 1 fully saturated rings. The van der Waals surface area contributed by atoms with Gasteiger partial charge in [-0.1, -0.05) is 44.2 Å². The fourth-order valence-electron chi connectivity index (χ4n) is 3.58. The molecule has 3 rings (SSSR count). The van der Waals surface area contributed by atoms with E-state index in [1.54, 1.807) is 17.3 Å². The van der Waals surface area contributed by atoms with Crippen LogP contribution in [-0.4, -0.2) is 51.7 Å². The number of aliphatic imine (C=N–C) groups is 1. The number of sulfonamides is 1. The number of hydrogen-bond acceptors (Lipinski definition) is 6. The second-order valence-electron chi connectivity index (χ2n) is 7.89. The number of rotatable bonds is 4. The van der Waals surface area contributed by atoms with E-state index in [-0.39, 0.29) is 16.2 Å². The van der Waals surface area contributed by atoms with Crippen molar-refractivity contribution >= 4 is 43.2 Å². The third-order valence-corrected chi connectivity index (χ3v) is 7.79. The Bertz CT molecular complexity index is 1250. The SMILES string of the molecule is C=CN=C1C(=C)C=C(OS(=O)(=O)C(F)(F)F)c2cc(Cl)ccc2C1C.CS(=O)(=O)N1CCCCC1. The highest BCUT2D eigenvalue weighted by atomic mass is 35.5. The Balaban J connectivity index is 0.000000360. The summed E-state index contributed by atoms with van der Waals surface area (Å²) in [5, 5.41) is 0.208. The Morgan fingerprint density at radius 1 is 1.17 bits per heavy atom. The molecule has 0 spiro atoms. The quantitative estimate of drug-likeness (QED) is 0.375. The summed E-state index contributed by atoms with van der Waals surface area (Å²) in [6.07, 6.45) is 6.84. The molecular formula is C22H26ClF3N2O5S2. The highest BCUT2D eigenvalue weighted by Gasteiger charge is 2.49. The summed E-state index contributed by atoms with van der Waals surface area (Å²) in [6, 6.07) is 4.43. The normalized spacial score (nSPS) is 20.7. The molecule has 1 aliphatic heterocycles. The van der Waals surface area contributed by atoms with E-state index in [1.165, 1.54) is 31.0 Å². The van der Waals surface area contributed by atoms with Crippen LogP contribution in [0.25, 0.3) is 5.76 Å². The van der Waals surface area contributed by atoms with Gasteiger partial charge in [-0.15, -0.1) is 0 Å². The first-order valence-corrected chi connectivity index (χ1v) is 14.1. The van der Waals surface area contributed by atoms with Crippen LogP contribution < -0.4 is 0 Å². The molecule has 35 heavy (non-hydrogen) atoms. The number of piperidine rings is 1. The maximum absolute atomic E-state index is 12.7. The molecule has 1 heterocycles. The van der Waals surface area contributed by atoms with Gasteiger partial charge in [0.25, 0.3) is 0 Å². The molecule has 0 aromatic heterocycles. The number of halogens is 4. The molecule has 1 unspecified atom stereocenters. The van der Waals surface area contributed by atoms with Gasteiger partial charge in [-0.2, -0.15) is 21.6 Å². The van der Waals surface area contributed by atoms with Crippen molar-refractivity contribution in [2.75, 3.05) is 19.3 Å². The van der Waals surface area contributed by atoms with E-state index in [9.17, 15) is 30.0 Å². The Labute approximate surface area is 208 Å². The fraction of sp³-hybridized carbons (Fsp3) is 0.409. The molecule has 0 N–H and O–H groups in total. The van der Waals surface area contributed by atoms with Crippen molar-refractivity contribution in [1.29, 1.82) is 0 Å². The smallest absolute Gasteiger partial charge is 0.375 e. The van der Waals surface area contributed by atoms with Crippen molar-refractivity contribution in [2.45, 2.75) is 37.6 Å². The molecule has 0 radical (unpaired) electrons. The first-order valence-electron chi connectivity index (χ1n) is 10.4. The fourth-order valence-corrected chi connectivity index (χ4v) is 5.14. The summed E-state index contributed by atoms with van der Waals surface area (Å²) in [5.41, 5.74) is -4.34. The van der Waals surface area contributed by atoms with Gasteiger partial charge in [-0.25, -0.2) is 12.7 Å². The van der Waals surface area contributed by atoms with Crippen LogP contribution in [0.15, 0.2) is 54.2 Å². The Hall–Kier alpha value is -2.15. The lowest BCUT2D eigenvalue weighted by atomic mass is 9.91. The Morgan fingerprint density at radius 3 is 2.26 bits per heavy atom. The summed E-state index contributed by atoms with van der Waals surface area (Å²) < 4.78 is 88.7. The molecule has 0 amide bonds. The lowest BCUT2D eigenvalue weighted by Crippen LogP contribution is -2.34. The maximum atomic E-state index is 12.7. The lowest BCUT2D eigenvalue weighted by Gasteiger charge is -2.23. The minimum Gasteiger partial charge on any atom is -0.375 e.